The summed E-state index contributed by atoms with van der Waals surface area (Å²) in [7, 11) is 0. The van der Waals surface area contributed by atoms with Gasteiger partial charge >= 0.3 is 0 Å². The van der Waals surface area contributed by atoms with Crippen molar-refractivity contribution in [1.82, 2.24) is 0 Å². The molecule has 1 N–H and O–H groups in total. The molecule has 0 aromatic heterocycles. The van der Waals surface area contributed by atoms with Gasteiger partial charge in [-0.15, -0.1) is 0 Å². The molecule has 0 heterocycles. The van der Waals surface area contributed by atoms with Gasteiger partial charge in [0, 0.05) is 16.4 Å². The van der Waals surface area contributed by atoms with Gasteiger partial charge in [-0.25, -0.2) is 4.39 Å². The van der Waals surface area contributed by atoms with Crippen molar-refractivity contribution in [3.63, 3.8) is 0 Å². The molecule has 0 amide bonds. The van der Waals surface area contributed by atoms with E-state index in [2.05, 4.69) is 5.32 Å². The van der Waals surface area contributed by atoms with Gasteiger partial charge < -0.3 is 5.32 Å². The summed E-state index contributed by atoms with van der Waals surface area (Å²) in [6.07, 6.45) is 0. The van der Waals surface area contributed by atoms with Gasteiger partial charge in [-0.3, -0.25) is 0 Å². The first-order chi connectivity index (χ1) is 7.24. The van der Waals surface area contributed by atoms with E-state index in [9.17, 15) is 4.39 Å². The van der Waals surface area contributed by atoms with Crippen molar-refractivity contribution in [1.29, 1.82) is 0 Å². The Kier molecular flexibility index (Phi) is 2.88. The van der Waals surface area contributed by atoms with Gasteiger partial charge in [0.2, 0.25) is 0 Å². The highest BCUT2D eigenvalue weighted by Gasteiger charge is 1.95. The summed E-state index contributed by atoms with van der Waals surface area (Å²) in [5.41, 5.74) is 1.77. The predicted molar refractivity (Wildman–Crippen MR) is 61.1 cm³/mol. The molecule has 2 aromatic carbocycles. The molecule has 0 aliphatic carbocycles. The maximum Gasteiger partial charge on any atom is 0.123 e. The number of nitrogens with one attached hydrogen (secondary N) is 1. The van der Waals surface area contributed by atoms with Crippen molar-refractivity contribution in [2.75, 3.05) is 5.32 Å². The van der Waals surface area contributed by atoms with Gasteiger partial charge in [0.25, 0.3) is 0 Å². The van der Waals surface area contributed by atoms with Crippen LogP contribution in [0.5, 0.6) is 0 Å². The lowest BCUT2D eigenvalue weighted by molar-refractivity contribution is 0.628. The molecule has 0 unspecified atom stereocenters. The van der Waals surface area contributed by atoms with Gasteiger partial charge in [-0.2, -0.15) is 0 Å². The van der Waals surface area contributed by atoms with Crippen molar-refractivity contribution in [2.24, 2.45) is 0 Å². The first-order valence-corrected chi connectivity index (χ1v) is 4.90. The van der Waals surface area contributed by atoms with Gasteiger partial charge in [-0.1, -0.05) is 11.6 Å². The van der Waals surface area contributed by atoms with E-state index in [-0.39, 0.29) is 5.82 Å². The Morgan fingerprint density at radius 2 is 1.27 bits per heavy atom. The number of halogens is 2. The lowest BCUT2D eigenvalue weighted by Gasteiger charge is -2.05. The van der Waals surface area contributed by atoms with Gasteiger partial charge in [0.05, 0.1) is 0 Å². The zero-order chi connectivity index (χ0) is 10.7. The van der Waals surface area contributed by atoms with Crippen LogP contribution in [0.2, 0.25) is 5.02 Å². The molecule has 15 heavy (non-hydrogen) atoms. The molecule has 0 saturated heterocycles. The van der Waals surface area contributed by atoms with Crippen molar-refractivity contribution < 1.29 is 4.39 Å². The first-order valence-electron chi connectivity index (χ1n) is 4.52. The van der Waals surface area contributed by atoms with Crippen LogP contribution in [0.1, 0.15) is 0 Å². The van der Waals surface area contributed by atoms with E-state index >= 15 is 0 Å². The minimum absolute atomic E-state index is 0.239. The average Bonchev–Trinajstić information content (AvgIpc) is 2.25. The predicted octanol–water partition coefficient (Wildman–Crippen LogP) is 4.22. The van der Waals surface area contributed by atoms with Crippen molar-refractivity contribution in [2.45, 2.75) is 0 Å². The van der Waals surface area contributed by atoms with Crippen LogP contribution in [0.15, 0.2) is 48.5 Å². The lowest BCUT2D eigenvalue weighted by atomic mass is 10.2. The van der Waals surface area contributed by atoms with Crippen LogP contribution in [0.3, 0.4) is 0 Å². The van der Waals surface area contributed by atoms with Crippen molar-refractivity contribution >= 4 is 23.0 Å². The number of rotatable bonds is 2. The first kappa shape index (κ1) is 9.99. The number of anilines is 2. The molecular weight excluding hydrogens is 213 g/mol. The number of benzene rings is 2. The minimum Gasteiger partial charge on any atom is -0.356 e. The Hall–Kier alpha value is -1.54. The molecule has 0 aliphatic rings. The molecule has 3 heteroatoms. The van der Waals surface area contributed by atoms with Crippen molar-refractivity contribution in [3.05, 3.63) is 59.4 Å². The van der Waals surface area contributed by atoms with E-state index in [1.54, 1.807) is 24.3 Å². The maximum atomic E-state index is 12.6. The highest BCUT2D eigenvalue weighted by Crippen LogP contribution is 2.18. The maximum absolute atomic E-state index is 12.6. The van der Waals surface area contributed by atoms with E-state index < -0.39 is 0 Å². The smallest absolute Gasteiger partial charge is 0.123 e. The average molecular weight is 222 g/mol. The molecule has 0 atom stereocenters. The van der Waals surface area contributed by atoms with Crippen LogP contribution in [0.4, 0.5) is 15.8 Å². The summed E-state index contributed by atoms with van der Waals surface area (Å²) >= 11 is 5.76. The third-order valence-corrected chi connectivity index (χ3v) is 2.23. The fourth-order valence-electron chi connectivity index (χ4n) is 1.23. The Morgan fingerprint density at radius 1 is 0.800 bits per heavy atom. The second-order valence-electron chi connectivity index (χ2n) is 3.14. The topological polar surface area (TPSA) is 12.0 Å². The van der Waals surface area contributed by atoms with E-state index in [0.29, 0.717) is 5.02 Å². The van der Waals surface area contributed by atoms with Crippen LogP contribution in [-0.4, -0.2) is 0 Å². The molecule has 2 rings (SSSR count). The minimum atomic E-state index is -0.239. The molecule has 76 valence electrons. The second kappa shape index (κ2) is 4.32. The van der Waals surface area contributed by atoms with Gasteiger partial charge in [0.1, 0.15) is 5.82 Å². The second-order valence-corrected chi connectivity index (χ2v) is 3.58. The van der Waals surface area contributed by atoms with E-state index in [1.807, 2.05) is 12.1 Å². The third kappa shape index (κ3) is 2.70. The third-order valence-electron chi connectivity index (χ3n) is 1.98. The highest BCUT2D eigenvalue weighted by molar-refractivity contribution is 6.30. The molecule has 0 radical (unpaired) electrons. The quantitative estimate of drug-likeness (QED) is 0.801. The Bertz CT molecular complexity index is 393. The zero-order valence-electron chi connectivity index (χ0n) is 7.87. The normalized spacial score (nSPS) is 10.0. The summed E-state index contributed by atoms with van der Waals surface area (Å²) in [6, 6.07) is 13.5. The van der Waals surface area contributed by atoms with Gasteiger partial charge in [-0.05, 0) is 48.5 Å². The fourth-order valence-corrected chi connectivity index (χ4v) is 1.36. The summed E-state index contributed by atoms with van der Waals surface area (Å²) in [6.45, 7) is 0. The summed E-state index contributed by atoms with van der Waals surface area (Å²) in [5, 5.41) is 3.83. The molecule has 0 fully saturated rings. The van der Waals surface area contributed by atoms with Crippen LogP contribution in [-0.2, 0) is 0 Å². The van der Waals surface area contributed by atoms with E-state index in [4.69, 9.17) is 11.6 Å². The summed E-state index contributed by atoms with van der Waals surface area (Å²) in [5.74, 6) is -0.239. The molecule has 2 aromatic rings. The molecular formula is C12H9ClFN. The van der Waals surface area contributed by atoms with Crippen LogP contribution in [0.25, 0.3) is 0 Å². The zero-order valence-corrected chi connectivity index (χ0v) is 8.63. The molecule has 0 saturated carbocycles. The van der Waals surface area contributed by atoms with Crippen LogP contribution >= 0.6 is 11.6 Å². The summed E-state index contributed by atoms with van der Waals surface area (Å²) < 4.78 is 12.6. The number of hydrogen-bond donors (Lipinski definition) is 1. The summed E-state index contributed by atoms with van der Waals surface area (Å²) in [4.78, 5) is 0. The lowest BCUT2D eigenvalue weighted by Crippen LogP contribution is -1.89. The molecule has 0 spiro atoms. The Morgan fingerprint density at radius 3 is 1.80 bits per heavy atom. The number of hydrogen-bond acceptors (Lipinski definition) is 1. The SMILES string of the molecule is Fc1ccc(Nc2ccc(Cl)cc2)cc1. The monoisotopic (exact) mass is 221 g/mol. The largest absolute Gasteiger partial charge is 0.356 e. The standard InChI is InChI=1S/C12H9ClFN/c13-9-1-5-11(6-2-9)15-12-7-3-10(14)4-8-12/h1-8,15H. The molecule has 0 bridgehead atoms. The van der Waals surface area contributed by atoms with E-state index in [0.717, 1.165) is 11.4 Å². The molecule has 0 aliphatic heterocycles. The highest BCUT2D eigenvalue weighted by atomic mass is 35.5. The molecule has 1 nitrogen and oxygen atoms in total. The Balaban J connectivity index is 2.15. The van der Waals surface area contributed by atoms with Crippen LogP contribution in [0, 0.1) is 5.82 Å². The van der Waals surface area contributed by atoms with Crippen LogP contribution < -0.4 is 5.32 Å². The van der Waals surface area contributed by atoms with Crippen molar-refractivity contribution in [3.8, 4) is 0 Å². The Labute approximate surface area is 92.5 Å². The fraction of sp³-hybridized carbons (Fsp3) is 0. The van der Waals surface area contributed by atoms with E-state index in [1.165, 1.54) is 12.1 Å². The van der Waals surface area contributed by atoms with Gasteiger partial charge in [0.15, 0.2) is 0 Å².